The molecule has 2 aromatic rings. The number of aromatic nitrogens is 2. The van der Waals surface area contributed by atoms with Crippen LogP contribution in [0.5, 0.6) is 0 Å². The van der Waals surface area contributed by atoms with Crippen molar-refractivity contribution in [3.63, 3.8) is 0 Å². The Bertz CT molecular complexity index is 963. The summed E-state index contributed by atoms with van der Waals surface area (Å²) in [5.74, 6) is 3.13. The second-order valence-corrected chi connectivity index (χ2v) is 11.8. The molecular formula is C26H39N5OS. The molecule has 6 nitrogen and oxygen atoms in total. The molecule has 0 radical (unpaired) electrons. The first-order valence-electron chi connectivity index (χ1n) is 13.4. The Morgan fingerprint density at radius 3 is 2.67 bits per heavy atom. The second-order valence-electron chi connectivity index (χ2n) is 10.7. The minimum atomic E-state index is 0.446. The fourth-order valence-corrected chi connectivity index (χ4v) is 7.46. The van der Waals surface area contributed by atoms with E-state index in [1.807, 2.05) is 11.3 Å². The molecule has 5 heterocycles. The Morgan fingerprint density at radius 1 is 0.909 bits per heavy atom. The minimum Gasteiger partial charge on any atom is -0.377 e. The van der Waals surface area contributed by atoms with E-state index in [9.17, 15) is 0 Å². The first kappa shape index (κ1) is 22.2. The largest absolute Gasteiger partial charge is 0.377 e. The van der Waals surface area contributed by atoms with E-state index >= 15 is 0 Å². The molecule has 3 fully saturated rings. The van der Waals surface area contributed by atoms with E-state index in [0.29, 0.717) is 6.10 Å². The monoisotopic (exact) mass is 469 g/mol. The summed E-state index contributed by atoms with van der Waals surface area (Å²) < 4.78 is 5.92. The van der Waals surface area contributed by atoms with Crippen molar-refractivity contribution in [1.82, 2.24) is 19.8 Å². The van der Waals surface area contributed by atoms with E-state index in [4.69, 9.17) is 14.7 Å². The van der Waals surface area contributed by atoms with Crippen molar-refractivity contribution in [3.05, 3.63) is 16.3 Å². The lowest BCUT2D eigenvalue weighted by Crippen LogP contribution is -2.36. The predicted octanol–water partition coefficient (Wildman–Crippen LogP) is 4.10. The van der Waals surface area contributed by atoms with E-state index in [-0.39, 0.29) is 0 Å². The van der Waals surface area contributed by atoms with Gasteiger partial charge >= 0.3 is 0 Å². The topological polar surface area (TPSA) is 44.7 Å². The van der Waals surface area contributed by atoms with Gasteiger partial charge in [0.25, 0.3) is 0 Å². The smallest absolute Gasteiger partial charge is 0.146 e. The van der Waals surface area contributed by atoms with Gasteiger partial charge in [-0.2, -0.15) is 0 Å². The van der Waals surface area contributed by atoms with Crippen LogP contribution in [0, 0.1) is 5.92 Å². The zero-order valence-corrected chi connectivity index (χ0v) is 21.0. The van der Waals surface area contributed by atoms with E-state index in [0.717, 1.165) is 51.1 Å². The van der Waals surface area contributed by atoms with Crippen LogP contribution in [-0.2, 0) is 24.1 Å². The van der Waals surface area contributed by atoms with Gasteiger partial charge in [0.05, 0.1) is 18.0 Å². The molecule has 0 aromatic carbocycles. The number of hydrogen-bond donors (Lipinski definition) is 0. The summed E-state index contributed by atoms with van der Waals surface area (Å²) in [6.45, 7) is 12.1. The zero-order chi connectivity index (χ0) is 22.2. The molecule has 0 N–H and O–H groups in total. The van der Waals surface area contributed by atoms with Gasteiger partial charge in [-0.25, -0.2) is 9.97 Å². The van der Waals surface area contributed by atoms with Gasteiger partial charge < -0.3 is 9.64 Å². The van der Waals surface area contributed by atoms with Crippen molar-refractivity contribution in [1.29, 1.82) is 0 Å². The second kappa shape index (κ2) is 9.76. The Hall–Kier alpha value is -1.28. The molecule has 2 aromatic heterocycles. The van der Waals surface area contributed by atoms with Gasteiger partial charge in [0.1, 0.15) is 16.5 Å². The maximum Gasteiger partial charge on any atom is 0.146 e. The first-order chi connectivity index (χ1) is 16.2. The molecule has 33 heavy (non-hydrogen) atoms. The number of piperidine rings is 1. The number of hydrogen-bond acceptors (Lipinski definition) is 7. The molecule has 0 unspecified atom stereocenters. The van der Waals surface area contributed by atoms with Gasteiger partial charge in [-0.1, -0.05) is 6.92 Å². The fourth-order valence-electron chi connectivity index (χ4n) is 6.18. The van der Waals surface area contributed by atoms with Crippen LogP contribution < -0.4 is 4.90 Å². The Morgan fingerprint density at radius 2 is 1.82 bits per heavy atom. The van der Waals surface area contributed by atoms with Crippen LogP contribution >= 0.6 is 11.3 Å². The van der Waals surface area contributed by atoms with Crippen LogP contribution in [-0.4, -0.2) is 78.3 Å². The molecule has 0 amide bonds. The summed E-state index contributed by atoms with van der Waals surface area (Å²) in [5, 5.41) is 1.39. The summed E-state index contributed by atoms with van der Waals surface area (Å²) in [4.78, 5) is 21.0. The molecular weight excluding hydrogens is 430 g/mol. The van der Waals surface area contributed by atoms with Gasteiger partial charge in [0, 0.05) is 37.7 Å². The molecule has 3 aliphatic heterocycles. The van der Waals surface area contributed by atoms with Crippen LogP contribution in [0.25, 0.3) is 10.2 Å². The standard InChI is InChI=1S/C26H39N5OS/c1-19-8-12-30(13-9-19)18-23-27-25(24-21-6-2-7-22(21)33-26(24)28-23)31-11-4-10-29(14-15-31)17-20-5-3-16-32-20/h19-20H,2-18H2,1H3/t20-/m1/s1. The van der Waals surface area contributed by atoms with Gasteiger partial charge in [-0.15, -0.1) is 11.3 Å². The number of ether oxygens (including phenoxy) is 1. The van der Waals surface area contributed by atoms with E-state index < -0.39 is 0 Å². The maximum absolute atomic E-state index is 5.92. The van der Waals surface area contributed by atoms with Crippen molar-refractivity contribution in [2.24, 2.45) is 5.92 Å². The van der Waals surface area contributed by atoms with Crippen molar-refractivity contribution < 1.29 is 4.74 Å². The number of rotatable bonds is 5. The lowest BCUT2D eigenvalue weighted by molar-refractivity contribution is 0.0754. The van der Waals surface area contributed by atoms with Gasteiger partial charge in [0.2, 0.25) is 0 Å². The predicted molar refractivity (Wildman–Crippen MR) is 135 cm³/mol. The van der Waals surface area contributed by atoms with Gasteiger partial charge in [-0.05, 0) is 82.5 Å². The number of aryl methyl sites for hydroxylation is 2. The van der Waals surface area contributed by atoms with E-state index in [1.165, 1.54) is 87.0 Å². The molecule has 1 aliphatic carbocycles. The number of likely N-dealkylation sites (tertiary alicyclic amines) is 1. The highest BCUT2D eigenvalue weighted by atomic mass is 32.1. The molecule has 6 rings (SSSR count). The highest BCUT2D eigenvalue weighted by Gasteiger charge is 2.28. The summed E-state index contributed by atoms with van der Waals surface area (Å²) in [6.07, 6.45) is 10.4. The van der Waals surface area contributed by atoms with E-state index in [1.54, 1.807) is 10.4 Å². The average molecular weight is 470 g/mol. The minimum absolute atomic E-state index is 0.446. The summed E-state index contributed by atoms with van der Waals surface area (Å²) in [5.41, 5.74) is 1.56. The van der Waals surface area contributed by atoms with Gasteiger partial charge in [0.15, 0.2) is 0 Å². The molecule has 3 saturated heterocycles. The van der Waals surface area contributed by atoms with Crippen LogP contribution in [0.15, 0.2) is 0 Å². The highest BCUT2D eigenvalue weighted by molar-refractivity contribution is 7.19. The number of nitrogens with zero attached hydrogens (tertiary/aromatic N) is 5. The summed E-state index contributed by atoms with van der Waals surface area (Å²) in [7, 11) is 0. The average Bonchev–Trinajstić information content (AvgIpc) is 3.51. The normalized spacial score (nSPS) is 25.7. The van der Waals surface area contributed by atoms with Gasteiger partial charge in [-0.3, -0.25) is 9.80 Å². The number of anilines is 1. The third-order valence-electron chi connectivity index (χ3n) is 8.21. The molecule has 7 heteroatoms. The van der Waals surface area contributed by atoms with E-state index in [2.05, 4.69) is 21.6 Å². The fraction of sp³-hybridized carbons (Fsp3) is 0.769. The van der Waals surface area contributed by atoms with Crippen LogP contribution in [0.3, 0.4) is 0 Å². The van der Waals surface area contributed by atoms with Crippen LogP contribution in [0.1, 0.15) is 61.7 Å². The number of thiophene rings is 1. The zero-order valence-electron chi connectivity index (χ0n) is 20.2. The first-order valence-corrected chi connectivity index (χ1v) is 14.2. The van der Waals surface area contributed by atoms with Crippen LogP contribution in [0.2, 0.25) is 0 Å². The molecule has 180 valence electrons. The highest BCUT2D eigenvalue weighted by Crippen LogP contribution is 2.41. The molecule has 0 saturated carbocycles. The number of fused-ring (bicyclic) bond motifs is 3. The van der Waals surface area contributed by atoms with Crippen molar-refractivity contribution in [3.8, 4) is 0 Å². The van der Waals surface area contributed by atoms with Crippen LogP contribution in [0.4, 0.5) is 5.82 Å². The maximum atomic E-state index is 5.92. The lowest BCUT2D eigenvalue weighted by Gasteiger charge is -2.30. The lowest BCUT2D eigenvalue weighted by atomic mass is 9.99. The Labute approximate surface area is 202 Å². The summed E-state index contributed by atoms with van der Waals surface area (Å²) in [6, 6.07) is 0. The quantitative estimate of drug-likeness (QED) is 0.657. The third kappa shape index (κ3) is 4.79. The summed E-state index contributed by atoms with van der Waals surface area (Å²) >= 11 is 1.94. The van der Waals surface area contributed by atoms with Crippen molar-refractivity contribution in [2.45, 2.75) is 70.9 Å². The SMILES string of the molecule is CC1CCN(Cc2nc(N3CCCN(C[C@H]4CCCO4)CC3)c3c4c(sc3n2)CCC4)CC1. The Balaban J connectivity index is 1.25. The van der Waals surface area contributed by atoms with Crippen molar-refractivity contribution in [2.75, 3.05) is 57.3 Å². The molecule has 4 aliphatic rings. The molecule has 0 bridgehead atoms. The molecule has 1 atom stereocenters. The third-order valence-corrected chi connectivity index (χ3v) is 9.39. The Kier molecular flexibility index (Phi) is 6.57. The van der Waals surface area contributed by atoms with Crippen molar-refractivity contribution >= 4 is 27.4 Å². The molecule has 0 spiro atoms.